The van der Waals surface area contributed by atoms with Crippen molar-refractivity contribution in [2.45, 2.75) is 150 Å². The summed E-state index contributed by atoms with van der Waals surface area (Å²) >= 11 is 5.80. The number of thioether (sulfide) groups is 1. The van der Waals surface area contributed by atoms with Crippen LogP contribution in [0, 0.1) is 18.8 Å². The van der Waals surface area contributed by atoms with Crippen molar-refractivity contribution in [2.24, 2.45) is 11.8 Å². The van der Waals surface area contributed by atoms with Gasteiger partial charge in [0.05, 0.1) is 27.6 Å². The number of allylic oxidation sites excluding steroid dienone is 4. The molecule has 4 heterocycles. The third kappa shape index (κ3) is 10.8. The lowest BCUT2D eigenvalue weighted by atomic mass is 9.77. The topological polar surface area (TPSA) is 11.0 Å². The summed E-state index contributed by atoms with van der Waals surface area (Å²) in [5.41, 5.74) is 8.38. The zero-order chi connectivity index (χ0) is 31.6. The van der Waals surface area contributed by atoms with E-state index in [0.29, 0.717) is 29.7 Å². The van der Waals surface area contributed by atoms with Crippen molar-refractivity contribution in [3.8, 4) is 0 Å². The van der Waals surface area contributed by atoms with Crippen LogP contribution in [-0.4, -0.2) is 11.4 Å². The van der Waals surface area contributed by atoms with Crippen molar-refractivity contribution in [2.75, 3.05) is 6.54 Å². The van der Waals surface area contributed by atoms with Crippen LogP contribution in [0.15, 0.2) is 50.1 Å². The average Bonchev–Trinajstić information content (AvgIpc) is 3.74. The molecule has 5 unspecified atom stereocenters. The number of rotatable bonds is 14. The van der Waals surface area contributed by atoms with Crippen LogP contribution >= 0.6 is 34.4 Å². The van der Waals surface area contributed by atoms with Gasteiger partial charge in [-0.05, 0) is 50.5 Å². The number of nitrogens with zero attached hydrogens (tertiary/aromatic N) is 3. The van der Waals surface area contributed by atoms with Crippen LogP contribution in [0.3, 0.4) is 0 Å². The summed E-state index contributed by atoms with van der Waals surface area (Å²) in [6.07, 6.45) is 19.4. The molecular weight excluding hydrogens is 848 g/mol. The van der Waals surface area contributed by atoms with Crippen LogP contribution in [-0.2, 0) is 6.54 Å². The molecule has 0 saturated heterocycles. The number of hydrogen-bond donors (Lipinski definition) is 0. The number of hydrogen-bond acceptors (Lipinski definition) is 4. The van der Waals surface area contributed by atoms with Gasteiger partial charge in [0.1, 0.15) is 6.54 Å². The second-order valence-corrected chi connectivity index (χ2v) is 16.2. The first kappa shape index (κ1) is 42.3. The Hall–Kier alpha value is 0.0900. The summed E-state index contributed by atoms with van der Waals surface area (Å²) in [5, 5.41) is 10.2. The van der Waals surface area contributed by atoms with E-state index >= 15 is 0 Å². The molecule has 0 amide bonds. The average molecular weight is 910 g/mol. The molecule has 8 heteroatoms. The predicted molar refractivity (Wildman–Crippen MR) is 194 cm³/mol. The SMILES string of the molecule is CCCCCCCN1C(C)=CS/C1=C/C=C1/CC(c2csc[n+]2CCCCCCC)C(C)C(C)c2scc(C)[n+]2C(C)C1C.[I-].[I-]. The Morgan fingerprint density at radius 3 is 2.22 bits per heavy atom. The number of thiazole rings is 2. The Morgan fingerprint density at radius 2 is 1.52 bits per heavy atom. The fourth-order valence-electron chi connectivity index (χ4n) is 7.19. The van der Waals surface area contributed by atoms with Gasteiger partial charge in [0.25, 0.3) is 0 Å². The summed E-state index contributed by atoms with van der Waals surface area (Å²) < 4.78 is 5.31. The second-order valence-electron chi connectivity index (χ2n) is 13.7. The molecule has 2 aromatic heterocycles. The largest absolute Gasteiger partial charge is 1.00 e. The Morgan fingerprint density at radius 1 is 0.848 bits per heavy atom. The van der Waals surface area contributed by atoms with Crippen molar-refractivity contribution >= 4 is 34.4 Å². The van der Waals surface area contributed by atoms with Gasteiger partial charge in [-0.2, -0.15) is 9.13 Å². The van der Waals surface area contributed by atoms with E-state index in [9.17, 15) is 0 Å². The predicted octanol–water partition coefficient (Wildman–Crippen LogP) is 5.44. The Labute approximate surface area is 328 Å². The minimum atomic E-state index is 0. The normalized spacial score (nSPS) is 25.0. The Bertz CT molecular complexity index is 1280. The zero-order valence-corrected chi connectivity index (χ0v) is 36.6. The summed E-state index contributed by atoms with van der Waals surface area (Å²) in [6, 6.07) is 0.438. The van der Waals surface area contributed by atoms with Gasteiger partial charge in [-0.1, -0.05) is 126 Å². The van der Waals surface area contributed by atoms with Crippen LogP contribution in [0.4, 0.5) is 0 Å². The minimum absolute atomic E-state index is 0. The lowest BCUT2D eigenvalue weighted by molar-refractivity contribution is -0.733. The molecule has 4 rings (SSSR count). The monoisotopic (exact) mass is 909 g/mol. The van der Waals surface area contributed by atoms with E-state index in [1.807, 2.05) is 34.4 Å². The molecule has 0 radical (unpaired) electrons. The Balaban J connectivity index is 0.00000368. The van der Waals surface area contributed by atoms with Gasteiger partial charge in [-0.3, -0.25) is 0 Å². The molecule has 0 aromatic carbocycles. The van der Waals surface area contributed by atoms with Crippen LogP contribution in [0.5, 0.6) is 0 Å². The third-order valence-corrected chi connectivity index (χ3v) is 13.6. The molecule has 2 aliphatic rings. The van der Waals surface area contributed by atoms with Gasteiger partial charge in [0, 0.05) is 31.5 Å². The van der Waals surface area contributed by atoms with Crippen LogP contribution in [0.1, 0.15) is 153 Å². The van der Waals surface area contributed by atoms with Crippen LogP contribution < -0.4 is 57.1 Å². The standard InChI is InChI=1S/C38H61N3S3.2HI/c1-9-11-13-15-17-21-39-27-42-26-36(39)35-23-34(19-20-37-40(28(3)24-43-37)22-18-16-14-12-10-2)32(7)33(8)41-29(4)25-44-38(41)31(6)30(35)5;;/h19-20,24-27,30-33,35H,9-18,21-23H2,1-8H3;2*1H/q+2;;/p-2/b34-19-,37-20+;;. The molecule has 0 spiro atoms. The molecule has 46 heavy (non-hydrogen) atoms. The molecule has 5 atom stereocenters. The highest BCUT2D eigenvalue weighted by molar-refractivity contribution is 8.06. The molecule has 0 N–H and O–H groups in total. The van der Waals surface area contributed by atoms with Gasteiger partial charge in [-0.15, -0.1) is 0 Å². The number of aromatic nitrogens is 2. The molecule has 0 saturated carbocycles. The van der Waals surface area contributed by atoms with E-state index in [1.165, 1.54) is 80.6 Å². The van der Waals surface area contributed by atoms with Gasteiger partial charge >= 0.3 is 0 Å². The number of halogens is 2. The van der Waals surface area contributed by atoms with E-state index < -0.39 is 0 Å². The van der Waals surface area contributed by atoms with Gasteiger partial charge in [0.15, 0.2) is 17.4 Å². The summed E-state index contributed by atoms with van der Waals surface area (Å²) in [7, 11) is 0. The first-order chi connectivity index (χ1) is 21.3. The van der Waals surface area contributed by atoms with E-state index in [2.05, 4.69) is 103 Å². The molecule has 3 nitrogen and oxygen atoms in total. The maximum absolute atomic E-state index is 2.69. The number of fused-ring (bicyclic) bond motifs is 1. The number of unbranched alkanes of at least 4 members (excludes halogenated alkanes) is 8. The van der Waals surface area contributed by atoms with E-state index in [-0.39, 0.29) is 48.0 Å². The lowest BCUT2D eigenvalue weighted by Gasteiger charge is -2.26. The fourth-order valence-corrected chi connectivity index (χ4v) is 10.3. The minimum Gasteiger partial charge on any atom is -1.00 e. The van der Waals surface area contributed by atoms with Crippen LogP contribution in [0.25, 0.3) is 0 Å². The quantitative estimate of drug-likeness (QED) is 0.142. The van der Waals surface area contributed by atoms with Gasteiger partial charge in [-0.25, -0.2) is 0 Å². The lowest BCUT2D eigenvalue weighted by Crippen LogP contribution is -3.00. The maximum atomic E-state index is 2.69. The Kier molecular flexibility index (Phi) is 19.6. The summed E-state index contributed by atoms with van der Waals surface area (Å²) in [4.78, 5) is 2.57. The molecule has 0 fully saturated rings. The van der Waals surface area contributed by atoms with Crippen molar-refractivity contribution in [3.63, 3.8) is 0 Å². The second kappa shape index (κ2) is 21.3. The highest BCUT2D eigenvalue weighted by Crippen LogP contribution is 2.44. The van der Waals surface area contributed by atoms with E-state index in [0.717, 1.165) is 19.5 Å². The van der Waals surface area contributed by atoms with Gasteiger partial charge < -0.3 is 52.9 Å². The van der Waals surface area contributed by atoms with Crippen molar-refractivity contribution in [1.82, 2.24) is 4.90 Å². The first-order valence-electron chi connectivity index (χ1n) is 17.7. The smallest absolute Gasteiger partial charge is 0.240 e. The highest BCUT2D eigenvalue weighted by Gasteiger charge is 2.42. The summed E-state index contributed by atoms with van der Waals surface area (Å²) in [5.74, 6) is 2.04. The molecule has 0 aliphatic carbocycles. The van der Waals surface area contributed by atoms with Crippen molar-refractivity contribution < 1.29 is 57.1 Å². The molecule has 260 valence electrons. The molecule has 2 aliphatic heterocycles. The molecular formula is C38H61I2N3S3. The zero-order valence-electron chi connectivity index (χ0n) is 29.9. The fraction of sp³-hybridized carbons (Fsp3) is 0.684. The van der Waals surface area contributed by atoms with Crippen LogP contribution in [0.2, 0.25) is 0 Å². The first-order valence-corrected chi connectivity index (χ1v) is 20.4. The summed E-state index contributed by atoms with van der Waals surface area (Å²) in [6.45, 7) is 21.5. The van der Waals surface area contributed by atoms with E-state index in [1.54, 1.807) is 16.3 Å². The maximum Gasteiger partial charge on any atom is 0.240 e. The highest BCUT2D eigenvalue weighted by atomic mass is 127. The van der Waals surface area contributed by atoms with E-state index in [4.69, 9.17) is 0 Å². The molecule has 0 bridgehead atoms. The molecule has 2 aromatic rings. The third-order valence-electron chi connectivity index (χ3n) is 10.5. The van der Waals surface area contributed by atoms with Crippen molar-refractivity contribution in [3.05, 3.63) is 66.5 Å². The number of aryl methyl sites for hydroxylation is 2. The van der Waals surface area contributed by atoms with Gasteiger partial charge in [0.2, 0.25) is 10.5 Å². The van der Waals surface area contributed by atoms with Crippen molar-refractivity contribution in [1.29, 1.82) is 0 Å².